The van der Waals surface area contributed by atoms with Crippen LogP contribution in [0.5, 0.6) is 0 Å². The maximum Gasteiger partial charge on any atom is 0.345 e. The Morgan fingerprint density at radius 3 is 2.81 bits per heavy atom. The molecule has 0 aliphatic carbocycles. The smallest absolute Gasteiger partial charge is 0.345 e. The van der Waals surface area contributed by atoms with Gasteiger partial charge in [-0.3, -0.25) is 0 Å². The number of hydrogen-bond acceptors (Lipinski definition) is 5. The first kappa shape index (κ1) is 13.9. The van der Waals surface area contributed by atoms with Crippen LogP contribution >= 0.6 is 11.6 Å². The number of ether oxygens (including phenoxy) is 1. The van der Waals surface area contributed by atoms with Crippen molar-refractivity contribution in [1.29, 1.82) is 0 Å². The molecule has 1 aromatic carbocycles. The van der Waals surface area contributed by atoms with Gasteiger partial charge in [0, 0.05) is 23.7 Å². The van der Waals surface area contributed by atoms with Gasteiger partial charge in [0.25, 0.3) is 0 Å². The lowest BCUT2D eigenvalue weighted by atomic mass is 10.1. The highest BCUT2D eigenvalue weighted by atomic mass is 35.5. The number of benzene rings is 1. The van der Waals surface area contributed by atoms with Gasteiger partial charge in [0.1, 0.15) is 5.69 Å². The molecule has 0 radical (unpaired) electrons. The highest BCUT2D eigenvalue weighted by Crippen LogP contribution is 2.34. The predicted octanol–water partition coefficient (Wildman–Crippen LogP) is 3.38. The normalized spacial score (nSPS) is 14.5. The lowest BCUT2D eigenvalue weighted by molar-refractivity contribution is 0.0601. The summed E-state index contributed by atoms with van der Waals surface area (Å²) in [7, 11) is 1.35. The third-order valence-electron chi connectivity index (χ3n) is 3.55. The summed E-state index contributed by atoms with van der Waals surface area (Å²) >= 11 is 6.01. The SMILES string of the molecule is COC(=O)c1c(-c2cccc(Cl)c2)noc1N1CCCC1. The number of nitrogens with zero attached hydrogens (tertiary/aromatic N) is 2. The molecule has 1 aromatic heterocycles. The number of methoxy groups -OCH3 is 1. The molecule has 0 amide bonds. The molecule has 2 heterocycles. The number of rotatable bonds is 3. The van der Waals surface area contributed by atoms with Crippen LogP contribution in [0.25, 0.3) is 11.3 Å². The lowest BCUT2D eigenvalue weighted by Crippen LogP contribution is -2.20. The monoisotopic (exact) mass is 306 g/mol. The summed E-state index contributed by atoms with van der Waals surface area (Å²) in [4.78, 5) is 14.2. The van der Waals surface area contributed by atoms with Crippen LogP contribution in [-0.4, -0.2) is 31.3 Å². The molecule has 1 saturated heterocycles. The molecule has 21 heavy (non-hydrogen) atoms. The van der Waals surface area contributed by atoms with Gasteiger partial charge in [0.15, 0.2) is 5.56 Å². The van der Waals surface area contributed by atoms with Gasteiger partial charge in [0.2, 0.25) is 5.88 Å². The first-order chi connectivity index (χ1) is 10.2. The summed E-state index contributed by atoms with van der Waals surface area (Å²) in [5.74, 6) is 0.0300. The van der Waals surface area contributed by atoms with E-state index in [4.69, 9.17) is 20.9 Å². The van der Waals surface area contributed by atoms with Crippen LogP contribution < -0.4 is 4.90 Å². The summed E-state index contributed by atoms with van der Waals surface area (Å²) in [5.41, 5.74) is 1.56. The van der Waals surface area contributed by atoms with Crippen LogP contribution in [0.1, 0.15) is 23.2 Å². The fourth-order valence-electron chi connectivity index (χ4n) is 2.54. The molecular weight excluding hydrogens is 292 g/mol. The standard InChI is InChI=1S/C15H15ClN2O3/c1-20-15(19)12-13(10-5-4-6-11(16)9-10)17-21-14(12)18-7-2-3-8-18/h4-6,9H,2-3,7-8H2,1H3. The van der Waals surface area contributed by atoms with Crippen molar-refractivity contribution in [3.63, 3.8) is 0 Å². The van der Waals surface area contributed by atoms with Gasteiger partial charge in [-0.05, 0) is 25.0 Å². The van der Waals surface area contributed by atoms with Gasteiger partial charge in [-0.15, -0.1) is 0 Å². The van der Waals surface area contributed by atoms with Crippen molar-refractivity contribution in [1.82, 2.24) is 5.16 Å². The second kappa shape index (κ2) is 5.77. The number of carbonyl (C=O) groups is 1. The zero-order valence-corrected chi connectivity index (χ0v) is 12.4. The quantitative estimate of drug-likeness (QED) is 0.814. The van der Waals surface area contributed by atoms with Gasteiger partial charge < -0.3 is 14.2 Å². The van der Waals surface area contributed by atoms with E-state index in [2.05, 4.69) is 5.16 Å². The molecule has 0 spiro atoms. The van der Waals surface area contributed by atoms with Crippen LogP contribution in [0.15, 0.2) is 28.8 Å². The van der Waals surface area contributed by atoms with Crippen LogP contribution in [0.3, 0.4) is 0 Å². The third kappa shape index (κ3) is 2.61. The number of esters is 1. The molecule has 1 aliphatic heterocycles. The Kier molecular flexibility index (Phi) is 3.84. The van der Waals surface area contributed by atoms with Crippen molar-refractivity contribution in [2.75, 3.05) is 25.1 Å². The number of hydrogen-bond donors (Lipinski definition) is 0. The van der Waals surface area contributed by atoms with Crippen LogP contribution in [-0.2, 0) is 4.74 Å². The van der Waals surface area contributed by atoms with Crippen LogP contribution in [0.4, 0.5) is 5.88 Å². The fraction of sp³-hybridized carbons (Fsp3) is 0.333. The van der Waals surface area contributed by atoms with Gasteiger partial charge in [0.05, 0.1) is 7.11 Å². The highest BCUT2D eigenvalue weighted by molar-refractivity contribution is 6.30. The predicted molar refractivity (Wildman–Crippen MR) is 79.7 cm³/mol. The fourth-order valence-corrected chi connectivity index (χ4v) is 2.73. The summed E-state index contributed by atoms with van der Waals surface area (Å²) in [5, 5.41) is 4.64. The maximum atomic E-state index is 12.1. The minimum absolute atomic E-state index is 0.363. The van der Waals surface area contributed by atoms with Crippen molar-refractivity contribution in [3.05, 3.63) is 34.9 Å². The minimum atomic E-state index is -0.451. The van der Waals surface area contributed by atoms with E-state index in [0.29, 0.717) is 22.2 Å². The Balaban J connectivity index is 2.10. The Labute approximate surface area is 127 Å². The molecule has 110 valence electrons. The zero-order chi connectivity index (χ0) is 14.8. The number of anilines is 1. The maximum absolute atomic E-state index is 12.1. The molecule has 1 fully saturated rings. The van der Waals surface area contributed by atoms with E-state index in [0.717, 1.165) is 31.5 Å². The van der Waals surface area contributed by atoms with Gasteiger partial charge in [-0.25, -0.2) is 4.79 Å². The lowest BCUT2D eigenvalue weighted by Gasteiger charge is -2.14. The molecular formula is C15H15ClN2O3. The van der Waals surface area contributed by atoms with Gasteiger partial charge >= 0.3 is 5.97 Å². The van der Waals surface area contributed by atoms with Gasteiger partial charge in [-0.1, -0.05) is 28.9 Å². The number of carbonyl (C=O) groups excluding carboxylic acids is 1. The van der Waals surface area contributed by atoms with Crippen LogP contribution in [0.2, 0.25) is 5.02 Å². The molecule has 0 atom stereocenters. The molecule has 2 aromatic rings. The van der Waals surface area contributed by atoms with E-state index in [1.165, 1.54) is 7.11 Å². The van der Waals surface area contributed by atoms with E-state index < -0.39 is 5.97 Å². The second-order valence-electron chi connectivity index (χ2n) is 4.91. The summed E-state index contributed by atoms with van der Waals surface area (Å²) in [6.07, 6.45) is 2.15. The summed E-state index contributed by atoms with van der Waals surface area (Å²) < 4.78 is 10.3. The second-order valence-corrected chi connectivity index (χ2v) is 5.34. The Bertz CT molecular complexity index is 663. The minimum Gasteiger partial charge on any atom is -0.465 e. The first-order valence-corrected chi connectivity index (χ1v) is 7.17. The van der Waals surface area contributed by atoms with Crippen molar-refractivity contribution in [3.8, 4) is 11.3 Å². The molecule has 1 aliphatic rings. The Morgan fingerprint density at radius 1 is 1.38 bits per heavy atom. The average molecular weight is 307 g/mol. The topological polar surface area (TPSA) is 55.6 Å². The first-order valence-electron chi connectivity index (χ1n) is 6.79. The van der Waals surface area contributed by atoms with E-state index >= 15 is 0 Å². The van der Waals surface area contributed by atoms with E-state index in [1.807, 2.05) is 17.0 Å². The molecule has 0 N–H and O–H groups in total. The van der Waals surface area contributed by atoms with E-state index in [9.17, 15) is 4.79 Å². The van der Waals surface area contributed by atoms with Crippen LogP contribution in [0, 0.1) is 0 Å². The average Bonchev–Trinajstić information content (AvgIpc) is 3.15. The Morgan fingerprint density at radius 2 is 2.14 bits per heavy atom. The van der Waals surface area contributed by atoms with Crippen molar-refractivity contribution in [2.45, 2.75) is 12.8 Å². The van der Waals surface area contributed by atoms with Crippen molar-refractivity contribution >= 4 is 23.5 Å². The van der Waals surface area contributed by atoms with E-state index in [-0.39, 0.29) is 0 Å². The molecule has 0 saturated carbocycles. The molecule has 0 bridgehead atoms. The van der Waals surface area contributed by atoms with E-state index in [1.54, 1.807) is 12.1 Å². The Hall–Kier alpha value is -2.01. The summed E-state index contributed by atoms with van der Waals surface area (Å²) in [6, 6.07) is 7.16. The van der Waals surface area contributed by atoms with Crippen molar-refractivity contribution in [2.24, 2.45) is 0 Å². The number of aromatic nitrogens is 1. The number of halogens is 1. The highest BCUT2D eigenvalue weighted by Gasteiger charge is 2.29. The molecule has 0 unspecified atom stereocenters. The summed E-state index contributed by atoms with van der Waals surface area (Å²) in [6.45, 7) is 1.71. The van der Waals surface area contributed by atoms with Crippen molar-refractivity contribution < 1.29 is 14.1 Å². The molecule has 6 heteroatoms. The largest absolute Gasteiger partial charge is 0.465 e. The molecule has 3 rings (SSSR count). The molecule has 5 nitrogen and oxygen atoms in total. The van der Waals surface area contributed by atoms with Gasteiger partial charge in [-0.2, -0.15) is 0 Å². The zero-order valence-electron chi connectivity index (χ0n) is 11.6. The third-order valence-corrected chi connectivity index (χ3v) is 3.79.